The third-order valence-electron chi connectivity index (χ3n) is 2.77. The number of aryl methyl sites for hydroxylation is 2. The Morgan fingerprint density at radius 1 is 1.21 bits per heavy atom. The van der Waals surface area contributed by atoms with Crippen LogP contribution in [-0.4, -0.2) is 33.7 Å². The van der Waals surface area contributed by atoms with E-state index in [4.69, 9.17) is 0 Å². The van der Waals surface area contributed by atoms with Gasteiger partial charge in [-0.05, 0) is 26.0 Å². The lowest BCUT2D eigenvalue weighted by Gasteiger charge is -2.06. The molecule has 2 N–H and O–H groups in total. The van der Waals surface area contributed by atoms with Gasteiger partial charge in [-0.15, -0.1) is 0 Å². The molecule has 6 heteroatoms. The highest BCUT2D eigenvalue weighted by Crippen LogP contribution is 2.05. The van der Waals surface area contributed by atoms with Gasteiger partial charge in [0.15, 0.2) is 0 Å². The summed E-state index contributed by atoms with van der Waals surface area (Å²) >= 11 is 0. The summed E-state index contributed by atoms with van der Waals surface area (Å²) < 4.78 is 24.5. The van der Waals surface area contributed by atoms with Crippen LogP contribution in [0.15, 0.2) is 24.3 Å². The van der Waals surface area contributed by atoms with E-state index >= 15 is 0 Å². The molecule has 1 aromatic rings. The van der Waals surface area contributed by atoms with Crippen LogP contribution in [0.2, 0.25) is 0 Å². The van der Waals surface area contributed by atoms with E-state index < -0.39 is 10.0 Å². The maximum Gasteiger partial charge on any atom is 0.220 e. The molecule has 0 saturated heterocycles. The molecular weight excluding hydrogens is 264 g/mol. The molecule has 0 spiro atoms. The largest absolute Gasteiger partial charge is 0.355 e. The van der Waals surface area contributed by atoms with Crippen LogP contribution < -0.4 is 10.0 Å². The van der Waals surface area contributed by atoms with Crippen molar-refractivity contribution in [3.05, 3.63) is 35.4 Å². The summed E-state index contributed by atoms with van der Waals surface area (Å²) in [6.07, 6.45) is 1.02. The van der Waals surface area contributed by atoms with Crippen molar-refractivity contribution in [1.82, 2.24) is 10.0 Å². The maximum atomic E-state index is 11.5. The van der Waals surface area contributed by atoms with E-state index in [0.29, 0.717) is 12.8 Å². The van der Waals surface area contributed by atoms with Crippen LogP contribution >= 0.6 is 0 Å². The summed E-state index contributed by atoms with van der Waals surface area (Å²) in [4.78, 5) is 11.5. The zero-order chi connectivity index (χ0) is 14.3. The van der Waals surface area contributed by atoms with E-state index in [9.17, 15) is 13.2 Å². The van der Waals surface area contributed by atoms with Gasteiger partial charge in [-0.2, -0.15) is 0 Å². The van der Waals surface area contributed by atoms with Gasteiger partial charge in [0, 0.05) is 13.0 Å². The van der Waals surface area contributed by atoms with E-state index in [2.05, 4.69) is 10.0 Å². The van der Waals surface area contributed by atoms with Gasteiger partial charge in [0.05, 0.1) is 5.75 Å². The first-order chi connectivity index (χ1) is 8.93. The number of benzene rings is 1. The summed E-state index contributed by atoms with van der Waals surface area (Å²) in [5.74, 6) is -0.230. The topological polar surface area (TPSA) is 75.3 Å². The number of carbonyl (C=O) groups is 1. The van der Waals surface area contributed by atoms with Crippen LogP contribution in [0.25, 0.3) is 0 Å². The minimum absolute atomic E-state index is 0.0974. The second-order valence-corrected chi connectivity index (χ2v) is 6.40. The summed E-state index contributed by atoms with van der Waals surface area (Å²) in [5, 5.41) is 2.60. The Balaban J connectivity index is 2.27. The lowest BCUT2D eigenvalue weighted by Crippen LogP contribution is -2.33. The summed E-state index contributed by atoms with van der Waals surface area (Å²) in [6.45, 7) is 2.15. The van der Waals surface area contributed by atoms with Crippen LogP contribution in [0.5, 0.6) is 0 Å². The van der Waals surface area contributed by atoms with Crippen molar-refractivity contribution in [1.29, 1.82) is 0 Å². The molecule has 0 aliphatic rings. The number of rotatable bonds is 7. The van der Waals surface area contributed by atoms with Gasteiger partial charge in [0.1, 0.15) is 0 Å². The Morgan fingerprint density at radius 2 is 1.84 bits per heavy atom. The highest BCUT2D eigenvalue weighted by atomic mass is 32.2. The van der Waals surface area contributed by atoms with E-state index in [1.54, 1.807) is 0 Å². The number of hydrogen-bond donors (Lipinski definition) is 2. The molecule has 0 fully saturated rings. The molecule has 0 atom stereocenters. The predicted molar refractivity (Wildman–Crippen MR) is 75.4 cm³/mol. The normalized spacial score (nSPS) is 11.3. The zero-order valence-electron chi connectivity index (χ0n) is 11.3. The molecule has 0 unspecified atom stereocenters. The molecule has 0 heterocycles. The highest BCUT2D eigenvalue weighted by molar-refractivity contribution is 7.89. The van der Waals surface area contributed by atoms with E-state index in [1.165, 1.54) is 12.6 Å². The van der Waals surface area contributed by atoms with Crippen LogP contribution in [0.1, 0.15) is 17.5 Å². The zero-order valence-corrected chi connectivity index (χ0v) is 12.1. The molecule has 5 nitrogen and oxygen atoms in total. The third kappa shape index (κ3) is 6.35. The fourth-order valence-electron chi connectivity index (χ4n) is 1.53. The molecule has 0 radical (unpaired) electrons. The molecule has 1 aromatic carbocycles. The van der Waals surface area contributed by atoms with Gasteiger partial charge >= 0.3 is 0 Å². The van der Waals surface area contributed by atoms with Gasteiger partial charge < -0.3 is 5.32 Å². The molecular formula is C13H20N2O3S. The maximum absolute atomic E-state index is 11.5. The van der Waals surface area contributed by atoms with Gasteiger partial charge in [-0.25, -0.2) is 13.1 Å². The summed E-state index contributed by atoms with van der Waals surface area (Å²) in [5.41, 5.74) is 2.29. The molecule has 0 aliphatic carbocycles. The molecule has 106 valence electrons. The van der Waals surface area contributed by atoms with Gasteiger partial charge in [0.25, 0.3) is 0 Å². The van der Waals surface area contributed by atoms with Gasteiger partial charge in [0.2, 0.25) is 15.9 Å². The Labute approximate surface area is 114 Å². The van der Waals surface area contributed by atoms with Crippen LogP contribution in [-0.2, 0) is 21.2 Å². The van der Waals surface area contributed by atoms with Crippen molar-refractivity contribution in [2.45, 2.75) is 19.8 Å². The first-order valence-corrected chi connectivity index (χ1v) is 7.81. The van der Waals surface area contributed by atoms with Crippen molar-refractivity contribution in [2.24, 2.45) is 0 Å². The number of carbonyl (C=O) groups excluding carboxylic acids is 1. The monoisotopic (exact) mass is 284 g/mol. The SMILES string of the molecule is CNS(=O)(=O)CCNC(=O)CCc1ccc(C)cc1. The Bertz CT molecular complexity index is 509. The van der Waals surface area contributed by atoms with Gasteiger partial charge in [-0.1, -0.05) is 29.8 Å². The Hall–Kier alpha value is -1.40. The average Bonchev–Trinajstić information content (AvgIpc) is 2.38. The highest BCUT2D eigenvalue weighted by Gasteiger charge is 2.08. The van der Waals surface area contributed by atoms with E-state index in [-0.39, 0.29) is 18.2 Å². The smallest absolute Gasteiger partial charge is 0.220 e. The minimum Gasteiger partial charge on any atom is -0.355 e. The standard InChI is InChI=1S/C13H20N2O3S/c1-11-3-5-12(6-4-11)7-8-13(16)15-9-10-19(17,18)14-2/h3-6,14H,7-10H2,1-2H3,(H,15,16). The van der Waals surface area contributed by atoms with Crippen molar-refractivity contribution < 1.29 is 13.2 Å². The van der Waals surface area contributed by atoms with Crippen molar-refractivity contribution in [3.8, 4) is 0 Å². The molecule has 0 aromatic heterocycles. The molecule has 19 heavy (non-hydrogen) atoms. The molecule has 0 aliphatic heterocycles. The van der Waals surface area contributed by atoms with Crippen molar-refractivity contribution in [3.63, 3.8) is 0 Å². The fourth-order valence-corrected chi connectivity index (χ4v) is 2.10. The first-order valence-electron chi connectivity index (χ1n) is 6.16. The average molecular weight is 284 g/mol. The summed E-state index contributed by atoms with van der Waals surface area (Å²) in [7, 11) is -1.90. The van der Waals surface area contributed by atoms with E-state index in [1.807, 2.05) is 31.2 Å². The Morgan fingerprint density at radius 3 is 2.42 bits per heavy atom. The van der Waals surface area contributed by atoms with Gasteiger partial charge in [-0.3, -0.25) is 4.79 Å². The number of sulfonamides is 1. The van der Waals surface area contributed by atoms with Crippen LogP contribution in [0.4, 0.5) is 0 Å². The van der Waals surface area contributed by atoms with Crippen LogP contribution in [0, 0.1) is 6.92 Å². The lowest BCUT2D eigenvalue weighted by atomic mass is 10.1. The second kappa shape index (κ2) is 7.25. The van der Waals surface area contributed by atoms with E-state index in [0.717, 1.165) is 5.56 Å². The van der Waals surface area contributed by atoms with Crippen molar-refractivity contribution >= 4 is 15.9 Å². The van der Waals surface area contributed by atoms with Crippen LogP contribution in [0.3, 0.4) is 0 Å². The number of hydrogen-bond acceptors (Lipinski definition) is 3. The second-order valence-electron chi connectivity index (χ2n) is 4.36. The quantitative estimate of drug-likeness (QED) is 0.769. The fraction of sp³-hybridized carbons (Fsp3) is 0.462. The molecule has 1 amide bonds. The summed E-state index contributed by atoms with van der Waals surface area (Å²) in [6, 6.07) is 8.00. The predicted octanol–water partition coefficient (Wildman–Crippen LogP) is 0.593. The van der Waals surface area contributed by atoms with Crippen molar-refractivity contribution in [2.75, 3.05) is 19.3 Å². The first kappa shape index (κ1) is 15.7. The number of amides is 1. The third-order valence-corrected chi connectivity index (χ3v) is 4.13. The molecule has 0 bridgehead atoms. The minimum atomic E-state index is -3.25. The Kier molecular flexibility index (Phi) is 5.98. The number of nitrogens with one attached hydrogen (secondary N) is 2. The molecule has 0 saturated carbocycles. The lowest BCUT2D eigenvalue weighted by molar-refractivity contribution is -0.120. The molecule has 1 rings (SSSR count).